The Labute approximate surface area is 205 Å². The topological polar surface area (TPSA) is 66.8 Å². The number of carbonyl (C=O) groups excluding carboxylic acids is 2. The van der Waals surface area contributed by atoms with Crippen molar-refractivity contribution in [2.24, 2.45) is 0 Å². The molecule has 2 aliphatic heterocycles. The van der Waals surface area contributed by atoms with Crippen molar-refractivity contribution in [2.45, 2.75) is 45.3 Å². The quantitative estimate of drug-likeness (QED) is 0.306. The van der Waals surface area contributed by atoms with Crippen LogP contribution in [-0.2, 0) is 28.9 Å². The van der Waals surface area contributed by atoms with Crippen LogP contribution in [0.5, 0.6) is 5.75 Å². The van der Waals surface area contributed by atoms with E-state index in [0.29, 0.717) is 18.5 Å². The molecule has 5 rings (SSSR count). The molecule has 3 aromatic rings. The fraction of sp³-hybridized carbons (Fsp3) is 0.267. The first-order valence-electron chi connectivity index (χ1n) is 12.2. The average Bonchev–Trinajstić information content (AvgIpc) is 3.38. The molecule has 2 heterocycles. The van der Waals surface area contributed by atoms with E-state index in [1.165, 1.54) is 5.56 Å². The average molecular weight is 468 g/mol. The first-order valence-corrected chi connectivity index (χ1v) is 12.2. The number of aliphatic hydroxyl groups is 1. The molecule has 1 N–H and O–H groups in total. The molecule has 0 bridgehead atoms. The maximum absolute atomic E-state index is 13.3. The summed E-state index contributed by atoms with van der Waals surface area (Å²) < 4.78 is 5.78. The van der Waals surface area contributed by atoms with E-state index in [-0.39, 0.29) is 17.4 Å². The Morgan fingerprint density at radius 2 is 1.74 bits per heavy atom. The van der Waals surface area contributed by atoms with Gasteiger partial charge in [0.1, 0.15) is 17.6 Å². The van der Waals surface area contributed by atoms with Crippen molar-refractivity contribution in [3.8, 4) is 5.75 Å². The molecule has 1 fully saturated rings. The molecule has 5 heteroatoms. The van der Waals surface area contributed by atoms with Crippen LogP contribution < -0.4 is 4.74 Å². The van der Waals surface area contributed by atoms with Crippen LogP contribution >= 0.6 is 0 Å². The third kappa shape index (κ3) is 4.34. The summed E-state index contributed by atoms with van der Waals surface area (Å²) in [5.74, 6) is -0.572. The number of nitrogens with zero attached hydrogens (tertiary/aromatic N) is 1. The lowest BCUT2D eigenvalue weighted by molar-refractivity contribution is -0.139. The Bertz CT molecular complexity index is 1290. The Kier molecular flexibility index (Phi) is 6.16. The minimum Gasteiger partial charge on any atom is -0.507 e. The van der Waals surface area contributed by atoms with Gasteiger partial charge in [0.2, 0.25) is 0 Å². The van der Waals surface area contributed by atoms with Crippen LogP contribution in [0.2, 0.25) is 0 Å². The highest BCUT2D eigenvalue weighted by molar-refractivity contribution is 6.46. The molecule has 1 saturated heterocycles. The van der Waals surface area contributed by atoms with Crippen LogP contribution in [0.15, 0.2) is 78.4 Å². The second kappa shape index (κ2) is 9.41. The highest BCUT2D eigenvalue weighted by atomic mass is 16.5. The lowest BCUT2D eigenvalue weighted by atomic mass is 9.93. The van der Waals surface area contributed by atoms with Gasteiger partial charge in [-0.15, -0.1) is 0 Å². The molecule has 2 aliphatic rings. The molecule has 2 atom stereocenters. The van der Waals surface area contributed by atoms with Gasteiger partial charge in [0.15, 0.2) is 0 Å². The van der Waals surface area contributed by atoms with Gasteiger partial charge in [-0.1, -0.05) is 61.5 Å². The number of aryl methyl sites for hydroxylation is 1. The molecule has 0 radical (unpaired) electrons. The maximum Gasteiger partial charge on any atom is 0.295 e. The third-order valence-electron chi connectivity index (χ3n) is 6.90. The van der Waals surface area contributed by atoms with Crippen molar-refractivity contribution in [1.82, 2.24) is 4.90 Å². The van der Waals surface area contributed by atoms with Crippen molar-refractivity contribution in [3.63, 3.8) is 0 Å². The zero-order valence-corrected chi connectivity index (χ0v) is 20.0. The van der Waals surface area contributed by atoms with E-state index in [9.17, 15) is 14.7 Å². The number of aliphatic hydroxyl groups excluding tert-OH is 1. The van der Waals surface area contributed by atoms with E-state index in [0.717, 1.165) is 35.3 Å². The van der Waals surface area contributed by atoms with E-state index < -0.39 is 17.7 Å². The zero-order valence-electron chi connectivity index (χ0n) is 20.0. The summed E-state index contributed by atoms with van der Waals surface area (Å²) in [7, 11) is 0. The molecular weight excluding hydrogens is 438 g/mol. The Balaban J connectivity index is 1.57. The number of hydrogen-bond acceptors (Lipinski definition) is 4. The molecule has 0 aromatic heterocycles. The van der Waals surface area contributed by atoms with Gasteiger partial charge < -0.3 is 14.7 Å². The number of benzene rings is 3. The Morgan fingerprint density at radius 3 is 2.46 bits per heavy atom. The van der Waals surface area contributed by atoms with Crippen molar-refractivity contribution in [1.29, 1.82) is 0 Å². The maximum atomic E-state index is 13.3. The van der Waals surface area contributed by atoms with Gasteiger partial charge in [0.25, 0.3) is 11.7 Å². The Morgan fingerprint density at radius 1 is 1.00 bits per heavy atom. The van der Waals surface area contributed by atoms with E-state index in [1.54, 1.807) is 11.0 Å². The van der Waals surface area contributed by atoms with Crippen molar-refractivity contribution in [2.75, 3.05) is 6.54 Å². The molecule has 0 aliphatic carbocycles. The molecule has 3 aromatic carbocycles. The zero-order chi connectivity index (χ0) is 24.5. The molecule has 35 heavy (non-hydrogen) atoms. The van der Waals surface area contributed by atoms with Gasteiger partial charge in [-0.3, -0.25) is 9.59 Å². The number of likely N-dealkylation sites (tertiary alicyclic amines) is 1. The standard InChI is InChI=1S/C30H29NO4/c1-3-20-9-11-22(12-10-20)27-26(28(32)23-13-14-25-24(18-23)17-19(2)35-25)29(33)30(34)31(27)16-15-21-7-5-4-6-8-21/h4-14,18-19,27,32H,3,15-17H2,1-2H3/b28-26+/t19-,27-/m1/s1. The highest BCUT2D eigenvalue weighted by Crippen LogP contribution is 2.40. The van der Waals surface area contributed by atoms with E-state index >= 15 is 0 Å². The molecule has 1 amide bonds. The molecular formula is C30H29NO4. The predicted octanol–water partition coefficient (Wildman–Crippen LogP) is 5.24. The van der Waals surface area contributed by atoms with Crippen LogP contribution in [0.3, 0.4) is 0 Å². The van der Waals surface area contributed by atoms with E-state index in [2.05, 4.69) is 6.92 Å². The number of carbonyl (C=O) groups is 2. The predicted molar refractivity (Wildman–Crippen MR) is 135 cm³/mol. The van der Waals surface area contributed by atoms with Crippen molar-refractivity contribution >= 4 is 17.4 Å². The minimum atomic E-state index is -0.648. The van der Waals surface area contributed by atoms with Gasteiger partial charge in [0.05, 0.1) is 11.6 Å². The van der Waals surface area contributed by atoms with Crippen molar-refractivity contribution in [3.05, 3.63) is 106 Å². The second-order valence-corrected chi connectivity index (χ2v) is 9.28. The first kappa shape index (κ1) is 22.9. The van der Waals surface area contributed by atoms with E-state index in [1.807, 2.05) is 73.7 Å². The number of ether oxygens (including phenoxy) is 1. The fourth-order valence-electron chi connectivity index (χ4n) is 5.01. The smallest absolute Gasteiger partial charge is 0.295 e. The van der Waals surface area contributed by atoms with Crippen LogP contribution in [0.4, 0.5) is 0 Å². The summed E-state index contributed by atoms with van der Waals surface area (Å²) >= 11 is 0. The molecule has 5 nitrogen and oxygen atoms in total. The molecule has 0 saturated carbocycles. The largest absolute Gasteiger partial charge is 0.507 e. The number of rotatable bonds is 6. The highest BCUT2D eigenvalue weighted by Gasteiger charge is 2.45. The van der Waals surface area contributed by atoms with Crippen LogP contribution in [0, 0.1) is 0 Å². The normalized spacial score (nSPS) is 20.7. The summed E-state index contributed by atoms with van der Waals surface area (Å²) in [6.07, 6.45) is 2.32. The third-order valence-corrected chi connectivity index (χ3v) is 6.90. The lowest BCUT2D eigenvalue weighted by Crippen LogP contribution is -2.31. The number of hydrogen-bond donors (Lipinski definition) is 1. The number of ketones is 1. The van der Waals surface area contributed by atoms with Gasteiger partial charge in [-0.05, 0) is 60.2 Å². The summed E-state index contributed by atoms with van der Waals surface area (Å²) in [5, 5.41) is 11.4. The molecule has 0 spiro atoms. The van der Waals surface area contributed by atoms with Crippen LogP contribution in [0.1, 0.15) is 47.7 Å². The first-order chi connectivity index (χ1) is 17.0. The van der Waals surface area contributed by atoms with Gasteiger partial charge >= 0.3 is 0 Å². The lowest BCUT2D eigenvalue weighted by Gasteiger charge is -2.25. The number of Topliss-reactive ketones (excluding diaryl/α,β-unsaturated/α-hetero) is 1. The summed E-state index contributed by atoms with van der Waals surface area (Å²) in [5.41, 5.74) is 4.72. The van der Waals surface area contributed by atoms with Crippen molar-refractivity contribution < 1.29 is 19.4 Å². The molecule has 0 unspecified atom stereocenters. The number of fused-ring (bicyclic) bond motifs is 1. The SMILES string of the molecule is CCc1ccc([C@@H]2/C(=C(\O)c3ccc4c(c3)C[C@@H](C)O4)C(=O)C(=O)N2CCc2ccccc2)cc1. The summed E-state index contributed by atoms with van der Waals surface area (Å²) in [4.78, 5) is 28.1. The van der Waals surface area contributed by atoms with E-state index in [4.69, 9.17) is 4.74 Å². The Hall–Kier alpha value is -3.86. The van der Waals surface area contributed by atoms with Gasteiger partial charge in [-0.25, -0.2) is 0 Å². The summed E-state index contributed by atoms with van der Waals surface area (Å²) in [6, 6.07) is 22.6. The van der Waals surface area contributed by atoms with Gasteiger partial charge in [-0.2, -0.15) is 0 Å². The molecule has 178 valence electrons. The van der Waals surface area contributed by atoms with Gasteiger partial charge in [0, 0.05) is 18.5 Å². The second-order valence-electron chi connectivity index (χ2n) is 9.28. The monoisotopic (exact) mass is 467 g/mol. The van der Waals surface area contributed by atoms with Crippen LogP contribution in [-0.4, -0.2) is 34.3 Å². The van der Waals surface area contributed by atoms with Crippen LogP contribution in [0.25, 0.3) is 5.76 Å². The minimum absolute atomic E-state index is 0.0723. The summed E-state index contributed by atoms with van der Waals surface area (Å²) in [6.45, 7) is 4.46. The fourth-order valence-corrected chi connectivity index (χ4v) is 5.01. The number of amides is 1.